The zero-order valence-electron chi connectivity index (χ0n) is 12.1. The summed E-state index contributed by atoms with van der Waals surface area (Å²) in [7, 11) is 0. The van der Waals surface area contributed by atoms with Gasteiger partial charge in [-0.3, -0.25) is 4.79 Å². The van der Waals surface area contributed by atoms with Crippen molar-refractivity contribution < 1.29 is 4.79 Å². The normalized spacial score (nSPS) is 11.9. The third-order valence-electron chi connectivity index (χ3n) is 3.27. The van der Waals surface area contributed by atoms with Crippen molar-refractivity contribution in [3.8, 4) is 0 Å². The SMILES string of the molecule is Cc1cc(C)cc(C(C)Nc2cccc(C(N)=O)c2)c1. The maximum absolute atomic E-state index is 11.2. The zero-order chi connectivity index (χ0) is 14.7. The van der Waals surface area contributed by atoms with Crippen molar-refractivity contribution in [2.45, 2.75) is 26.8 Å². The van der Waals surface area contributed by atoms with Gasteiger partial charge in [-0.1, -0.05) is 35.4 Å². The molecule has 0 saturated carbocycles. The molecule has 2 aromatic carbocycles. The topological polar surface area (TPSA) is 55.1 Å². The Morgan fingerprint density at radius 3 is 2.35 bits per heavy atom. The summed E-state index contributed by atoms with van der Waals surface area (Å²) in [5, 5.41) is 3.40. The number of carbonyl (C=O) groups is 1. The zero-order valence-corrected chi connectivity index (χ0v) is 12.1. The number of aryl methyl sites for hydroxylation is 2. The van der Waals surface area contributed by atoms with Crippen LogP contribution in [-0.2, 0) is 0 Å². The van der Waals surface area contributed by atoms with E-state index < -0.39 is 5.91 Å². The lowest BCUT2D eigenvalue weighted by Gasteiger charge is -2.17. The van der Waals surface area contributed by atoms with Crippen LogP contribution >= 0.6 is 0 Å². The summed E-state index contributed by atoms with van der Waals surface area (Å²) < 4.78 is 0. The quantitative estimate of drug-likeness (QED) is 0.890. The lowest BCUT2D eigenvalue weighted by molar-refractivity contribution is 0.100. The van der Waals surface area contributed by atoms with Gasteiger partial charge in [0.25, 0.3) is 0 Å². The average molecular weight is 268 g/mol. The Morgan fingerprint density at radius 1 is 1.10 bits per heavy atom. The summed E-state index contributed by atoms with van der Waals surface area (Å²) in [6, 6.07) is 13.9. The van der Waals surface area contributed by atoms with Crippen LogP contribution in [0.5, 0.6) is 0 Å². The average Bonchev–Trinajstić information content (AvgIpc) is 2.37. The van der Waals surface area contributed by atoms with E-state index in [0.717, 1.165) is 5.69 Å². The second-order valence-electron chi connectivity index (χ2n) is 5.23. The Hall–Kier alpha value is -2.29. The number of carbonyl (C=O) groups excluding carboxylic acids is 1. The van der Waals surface area contributed by atoms with Gasteiger partial charge in [-0.05, 0) is 44.5 Å². The Morgan fingerprint density at radius 2 is 1.75 bits per heavy atom. The van der Waals surface area contributed by atoms with Crippen molar-refractivity contribution >= 4 is 11.6 Å². The largest absolute Gasteiger partial charge is 0.379 e. The number of primary amides is 1. The molecule has 3 heteroatoms. The van der Waals surface area contributed by atoms with Gasteiger partial charge in [0.05, 0.1) is 0 Å². The van der Waals surface area contributed by atoms with Gasteiger partial charge in [-0.15, -0.1) is 0 Å². The van der Waals surface area contributed by atoms with Gasteiger partial charge in [0.2, 0.25) is 5.91 Å². The molecule has 20 heavy (non-hydrogen) atoms. The highest BCUT2D eigenvalue weighted by Crippen LogP contribution is 2.22. The summed E-state index contributed by atoms with van der Waals surface area (Å²) in [5.41, 5.74) is 10.4. The summed E-state index contributed by atoms with van der Waals surface area (Å²) in [6.07, 6.45) is 0. The molecule has 0 aliphatic heterocycles. The van der Waals surface area contributed by atoms with E-state index in [2.05, 4.69) is 44.3 Å². The smallest absolute Gasteiger partial charge is 0.248 e. The molecule has 0 heterocycles. The van der Waals surface area contributed by atoms with E-state index in [9.17, 15) is 4.79 Å². The summed E-state index contributed by atoms with van der Waals surface area (Å²) in [5.74, 6) is -0.410. The van der Waals surface area contributed by atoms with Gasteiger partial charge in [0.15, 0.2) is 0 Å². The molecule has 0 spiro atoms. The molecule has 0 saturated heterocycles. The predicted octanol–water partition coefficient (Wildman–Crippen LogP) is 3.58. The summed E-state index contributed by atoms with van der Waals surface area (Å²) in [4.78, 5) is 11.2. The van der Waals surface area contributed by atoms with E-state index in [4.69, 9.17) is 5.73 Å². The van der Waals surface area contributed by atoms with Crippen LogP contribution in [0.4, 0.5) is 5.69 Å². The van der Waals surface area contributed by atoms with Gasteiger partial charge >= 0.3 is 0 Å². The first kappa shape index (κ1) is 14.1. The van der Waals surface area contributed by atoms with E-state index in [1.165, 1.54) is 16.7 Å². The standard InChI is InChI=1S/C17H20N2O/c1-11-7-12(2)9-15(8-11)13(3)19-16-6-4-5-14(10-16)17(18)20/h4-10,13,19H,1-3H3,(H2,18,20). The van der Waals surface area contributed by atoms with Crippen LogP contribution in [0.15, 0.2) is 42.5 Å². The molecule has 0 aliphatic rings. The Kier molecular flexibility index (Phi) is 4.08. The van der Waals surface area contributed by atoms with Gasteiger partial charge in [0.1, 0.15) is 0 Å². The highest BCUT2D eigenvalue weighted by Gasteiger charge is 2.08. The molecule has 1 atom stereocenters. The number of hydrogen-bond acceptors (Lipinski definition) is 2. The van der Waals surface area contributed by atoms with Crippen LogP contribution in [0.1, 0.15) is 40.0 Å². The second-order valence-corrected chi connectivity index (χ2v) is 5.23. The molecule has 1 amide bonds. The molecule has 0 fully saturated rings. The van der Waals surface area contributed by atoms with Gasteiger partial charge in [0, 0.05) is 17.3 Å². The number of benzene rings is 2. The fraction of sp³-hybridized carbons (Fsp3) is 0.235. The first-order valence-electron chi connectivity index (χ1n) is 6.70. The number of rotatable bonds is 4. The van der Waals surface area contributed by atoms with Crippen LogP contribution in [0.25, 0.3) is 0 Å². The van der Waals surface area contributed by atoms with Crippen molar-refractivity contribution in [3.05, 3.63) is 64.7 Å². The molecule has 0 aromatic heterocycles. The monoisotopic (exact) mass is 268 g/mol. The van der Waals surface area contributed by atoms with E-state index >= 15 is 0 Å². The number of anilines is 1. The predicted molar refractivity (Wildman–Crippen MR) is 82.9 cm³/mol. The fourth-order valence-electron chi connectivity index (χ4n) is 2.36. The van der Waals surface area contributed by atoms with Crippen LogP contribution in [0.3, 0.4) is 0 Å². The molecule has 0 bridgehead atoms. The maximum Gasteiger partial charge on any atom is 0.248 e. The lowest BCUT2D eigenvalue weighted by atomic mass is 10.0. The first-order chi connectivity index (χ1) is 9.45. The first-order valence-corrected chi connectivity index (χ1v) is 6.70. The van der Waals surface area contributed by atoms with E-state index in [0.29, 0.717) is 5.56 Å². The van der Waals surface area contributed by atoms with E-state index in [1.54, 1.807) is 12.1 Å². The minimum atomic E-state index is -0.410. The van der Waals surface area contributed by atoms with Gasteiger partial charge in [-0.2, -0.15) is 0 Å². The van der Waals surface area contributed by atoms with Gasteiger partial charge in [-0.25, -0.2) is 0 Å². The van der Waals surface area contributed by atoms with E-state index in [1.807, 2.05) is 12.1 Å². The fourth-order valence-corrected chi connectivity index (χ4v) is 2.36. The lowest BCUT2D eigenvalue weighted by Crippen LogP contribution is -2.12. The molecule has 104 valence electrons. The maximum atomic E-state index is 11.2. The van der Waals surface area contributed by atoms with Crippen molar-refractivity contribution in [2.24, 2.45) is 5.73 Å². The summed E-state index contributed by atoms with van der Waals surface area (Å²) >= 11 is 0. The van der Waals surface area contributed by atoms with E-state index in [-0.39, 0.29) is 6.04 Å². The summed E-state index contributed by atoms with van der Waals surface area (Å²) in [6.45, 7) is 6.29. The number of nitrogens with two attached hydrogens (primary N) is 1. The Labute approximate surface area is 119 Å². The molecular weight excluding hydrogens is 248 g/mol. The number of nitrogens with one attached hydrogen (secondary N) is 1. The van der Waals surface area contributed by atoms with Crippen LogP contribution in [0.2, 0.25) is 0 Å². The van der Waals surface area contributed by atoms with Crippen molar-refractivity contribution in [2.75, 3.05) is 5.32 Å². The molecule has 0 radical (unpaired) electrons. The Bertz CT molecular complexity index is 614. The minimum Gasteiger partial charge on any atom is -0.379 e. The van der Waals surface area contributed by atoms with Crippen molar-refractivity contribution in [3.63, 3.8) is 0 Å². The number of hydrogen-bond donors (Lipinski definition) is 2. The highest BCUT2D eigenvalue weighted by molar-refractivity contribution is 5.93. The molecular formula is C17H20N2O. The minimum absolute atomic E-state index is 0.164. The Balaban J connectivity index is 2.20. The van der Waals surface area contributed by atoms with Crippen LogP contribution < -0.4 is 11.1 Å². The number of amides is 1. The van der Waals surface area contributed by atoms with Crippen molar-refractivity contribution in [1.29, 1.82) is 0 Å². The van der Waals surface area contributed by atoms with Crippen LogP contribution in [-0.4, -0.2) is 5.91 Å². The molecule has 2 rings (SSSR count). The molecule has 1 unspecified atom stereocenters. The molecule has 3 nitrogen and oxygen atoms in total. The molecule has 3 N–H and O–H groups in total. The second kappa shape index (κ2) is 5.78. The van der Waals surface area contributed by atoms with Gasteiger partial charge < -0.3 is 11.1 Å². The molecule has 2 aromatic rings. The molecule has 0 aliphatic carbocycles. The van der Waals surface area contributed by atoms with Crippen molar-refractivity contribution in [1.82, 2.24) is 0 Å². The third-order valence-corrected chi connectivity index (χ3v) is 3.27. The highest BCUT2D eigenvalue weighted by atomic mass is 16.1. The third kappa shape index (κ3) is 3.38. The van der Waals surface area contributed by atoms with Crippen LogP contribution in [0, 0.1) is 13.8 Å².